The Morgan fingerprint density at radius 1 is 1.00 bits per heavy atom. The smallest absolute Gasteiger partial charge is 0.277 e. The number of amides is 2. The Kier molecular flexibility index (Phi) is 5.20. The van der Waals surface area contributed by atoms with Gasteiger partial charge in [0.2, 0.25) is 0 Å². The van der Waals surface area contributed by atoms with Crippen LogP contribution < -0.4 is 14.4 Å². The first-order chi connectivity index (χ1) is 12.5. The molecular formula is C19H15Cl2NO4. The summed E-state index contributed by atoms with van der Waals surface area (Å²) in [6, 6.07) is 11.5. The third-order valence-electron chi connectivity index (χ3n) is 3.87. The first-order valence-corrected chi connectivity index (χ1v) is 8.58. The third-order valence-corrected chi connectivity index (χ3v) is 4.52. The molecule has 0 saturated heterocycles. The SMILES string of the molecule is CCOc1ccc(C2=C(Cl)C(=O)N(c3ccc(OC)c(Cl)c3)C2=O)cc1. The minimum atomic E-state index is -0.596. The average molecular weight is 392 g/mol. The van der Waals surface area contributed by atoms with E-state index in [-0.39, 0.29) is 15.6 Å². The fraction of sp³-hybridized carbons (Fsp3) is 0.158. The second-order valence-corrected chi connectivity index (χ2v) is 6.20. The van der Waals surface area contributed by atoms with Crippen LogP contribution in [0, 0.1) is 0 Å². The van der Waals surface area contributed by atoms with E-state index in [1.165, 1.54) is 13.2 Å². The molecule has 134 valence electrons. The molecule has 0 aliphatic carbocycles. The highest BCUT2D eigenvalue weighted by Crippen LogP contribution is 2.37. The molecule has 3 rings (SSSR count). The highest BCUT2D eigenvalue weighted by molar-refractivity contribution is 6.60. The first-order valence-electron chi connectivity index (χ1n) is 7.83. The van der Waals surface area contributed by atoms with Crippen LogP contribution in [0.15, 0.2) is 47.5 Å². The van der Waals surface area contributed by atoms with E-state index in [0.29, 0.717) is 29.4 Å². The highest BCUT2D eigenvalue weighted by atomic mass is 35.5. The van der Waals surface area contributed by atoms with Crippen molar-refractivity contribution < 1.29 is 19.1 Å². The van der Waals surface area contributed by atoms with Crippen LogP contribution in [0.4, 0.5) is 5.69 Å². The zero-order valence-corrected chi connectivity index (χ0v) is 15.6. The quantitative estimate of drug-likeness (QED) is 0.714. The molecule has 0 fully saturated rings. The number of imide groups is 1. The Morgan fingerprint density at radius 3 is 2.27 bits per heavy atom. The topological polar surface area (TPSA) is 55.8 Å². The fourth-order valence-corrected chi connectivity index (χ4v) is 3.19. The lowest BCUT2D eigenvalue weighted by Crippen LogP contribution is -2.31. The maximum Gasteiger partial charge on any atom is 0.277 e. The molecule has 2 aromatic rings. The Hall–Kier alpha value is -2.50. The van der Waals surface area contributed by atoms with Gasteiger partial charge in [-0.25, -0.2) is 4.90 Å². The molecule has 0 unspecified atom stereocenters. The maximum absolute atomic E-state index is 12.9. The van der Waals surface area contributed by atoms with E-state index in [0.717, 1.165) is 4.90 Å². The van der Waals surface area contributed by atoms with Gasteiger partial charge in [-0.05, 0) is 42.8 Å². The minimum absolute atomic E-state index is 0.133. The highest BCUT2D eigenvalue weighted by Gasteiger charge is 2.39. The van der Waals surface area contributed by atoms with Gasteiger partial charge in [0.15, 0.2) is 0 Å². The number of hydrogen-bond acceptors (Lipinski definition) is 4. The van der Waals surface area contributed by atoms with E-state index in [2.05, 4.69) is 0 Å². The maximum atomic E-state index is 12.9. The molecule has 26 heavy (non-hydrogen) atoms. The second-order valence-electron chi connectivity index (χ2n) is 5.41. The molecule has 1 heterocycles. The van der Waals surface area contributed by atoms with Crippen LogP contribution in [0.3, 0.4) is 0 Å². The largest absolute Gasteiger partial charge is 0.495 e. The summed E-state index contributed by atoms with van der Waals surface area (Å²) in [5, 5.41) is 0.155. The second kappa shape index (κ2) is 7.40. The number of nitrogens with zero attached hydrogens (tertiary/aromatic N) is 1. The number of ether oxygens (including phenoxy) is 2. The predicted octanol–water partition coefficient (Wildman–Crippen LogP) is 4.27. The van der Waals surface area contributed by atoms with Crippen molar-refractivity contribution in [2.24, 2.45) is 0 Å². The monoisotopic (exact) mass is 391 g/mol. The van der Waals surface area contributed by atoms with E-state index in [1.807, 2.05) is 6.92 Å². The molecule has 0 spiro atoms. The lowest BCUT2D eigenvalue weighted by molar-refractivity contribution is -0.119. The number of methoxy groups -OCH3 is 1. The van der Waals surface area contributed by atoms with E-state index in [1.54, 1.807) is 36.4 Å². The molecular weight excluding hydrogens is 377 g/mol. The van der Waals surface area contributed by atoms with Gasteiger partial charge in [0.05, 0.1) is 30.0 Å². The van der Waals surface area contributed by atoms with Gasteiger partial charge in [0, 0.05) is 0 Å². The average Bonchev–Trinajstić information content (AvgIpc) is 2.85. The fourth-order valence-electron chi connectivity index (χ4n) is 2.67. The molecule has 1 aliphatic rings. The van der Waals surface area contributed by atoms with Gasteiger partial charge in [0.1, 0.15) is 16.5 Å². The molecule has 0 radical (unpaired) electrons. The van der Waals surface area contributed by atoms with Crippen molar-refractivity contribution in [3.8, 4) is 11.5 Å². The van der Waals surface area contributed by atoms with Gasteiger partial charge in [-0.15, -0.1) is 0 Å². The molecule has 0 bridgehead atoms. The minimum Gasteiger partial charge on any atom is -0.495 e. The van der Waals surface area contributed by atoms with Crippen molar-refractivity contribution in [1.29, 1.82) is 0 Å². The van der Waals surface area contributed by atoms with Crippen molar-refractivity contribution >= 4 is 46.3 Å². The number of anilines is 1. The van der Waals surface area contributed by atoms with E-state index < -0.39 is 11.8 Å². The van der Waals surface area contributed by atoms with E-state index in [4.69, 9.17) is 32.7 Å². The van der Waals surface area contributed by atoms with Crippen molar-refractivity contribution in [3.63, 3.8) is 0 Å². The number of carbonyl (C=O) groups excluding carboxylic acids is 2. The van der Waals surface area contributed by atoms with E-state index >= 15 is 0 Å². The summed E-state index contributed by atoms with van der Waals surface area (Å²) in [6.07, 6.45) is 0. The number of halogens is 2. The van der Waals surface area contributed by atoms with Crippen LogP contribution in [0.2, 0.25) is 5.02 Å². The van der Waals surface area contributed by atoms with Gasteiger partial charge >= 0.3 is 0 Å². The van der Waals surface area contributed by atoms with Crippen LogP contribution in [0.1, 0.15) is 12.5 Å². The molecule has 2 amide bonds. The Labute approximate surface area is 160 Å². The molecule has 0 atom stereocenters. The lowest BCUT2D eigenvalue weighted by atomic mass is 10.1. The van der Waals surface area contributed by atoms with Crippen LogP contribution in [-0.4, -0.2) is 25.5 Å². The molecule has 1 aliphatic heterocycles. The van der Waals surface area contributed by atoms with Crippen LogP contribution >= 0.6 is 23.2 Å². The lowest BCUT2D eigenvalue weighted by Gasteiger charge is -2.16. The zero-order valence-electron chi connectivity index (χ0n) is 14.1. The van der Waals surface area contributed by atoms with Gasteiger partial charge < -0.3 is 9.47 Å². The molecule has 0 N–H and O–H groups in total. The summed E-state index contributed by atoms with van der Waals surface area (Å²) < 4.78 is 10.5. The molecule has 5 nitrogen and oxygen atoms in total. The Bertz CT molecular complexity index is 906. The summed E-state index contributed by atoms with van der Waals surface area (Å²) in [5.74, 6) is 0.0102. The van der Waals surface area contributed by atoms with Crippen molar-refractivity contribution in [2.45, 2.75) is 6.92 Å². The third kappa shape index (κ3) is 3.16. The summed E-state index contributed by atoms with van der Waals surface area (Å²) >= 11 is 12.3. The standard InChI is InChI=1S/C19H15Cl2NO4/c1-3-26-13-7-4-11(5-8-13)16-17(21)19(24)22(18(16)23)12-6-9-15(25-2)14(20)10-12/h4-10H,3H2,1-2H3. The first kappa shape index (κ1) is 18.3. The van der Waals surface area contributed by atoms with Crippen LogP contribution in [0.25, 0.3) is 5.57 Å². The molecule has 0 saturated carbocycles. The molecule has 2 aromatic carbocycles. The van der Waals surface area contributed by atoms with Crippen molar-refractivity contribution in [2.75, 3.05) is 18.6 Å². The summed E-state index contributed by atoms with van der Waals surface area (Å²) in [5.41, 5.74) is 1.01. The normalized spacial score (nSPS) is 14.2. The molecule has 0 aromatic heterocycles. The Morgan fingerprint density at radius 2 is 1.69 bits per heavy atom. The number of rotatable bonds is 5. The van der Waals surface area contributed by atoms with Crippen LogP contribution in [-0.2, 0) is 9.59 Å². The summed E-state index contributed by atoms with van der Waals surface area (Å²) in [7, 11) is 1.48. The van der Waals surface area contributed by atoms with Crippen LogP contribution in [0.5, 0.6) is 11.5 Å². The number of hydrogen-bond donors (Lipinski definition) is 0. The Balaban J connectivity index is 1.96. The zero-order chi connectivity index (χ0) is 18.8. The van der Waals surface area contributed by atoms with Crippen molar-refractivity contribution in [1.82, 2.24) is 0 Å². The number of benzene rings is 2. The van der Waals surface area contributed by atoms with Gasteiger partial charge in [-0.3, -0.25) is 9.59 Å². The van der Waals surface area contributed by atoms with Gasteiger partial charge in [0.25, 0.3) is 11.8 Å². The van der Waals surface area contributed by atoms with Gasteiger partial charge in [-0.1, -0.05) is 35.3 Å². The summed E-state index contributed by atoms with van der Waals surface area (Å²) in [6.45, 7) is 2.41. The predicted molar refractivity (Wildman–Crippen MR) is 101 cm³/mol. The van der Waals surface area contributed by atoms with E-state index in [9.17, 15) is 9.59 Å². The molecule has 7 heteroatoms. The van der Waals surface area contributed by atoms with Crippen molar-refractivity contribution in [3.05, 3.63) is 58.1 Å². The van der Waals surface area contributed by atoms with Gasteiger partial charge in [-0.2, -0.15) is 0 Å². The summed E-state index contributed by atoms with van der Waals surface area (Å²) in [4.78, 5) is 26.4. The number of carbonyl (C=O) groups is 2.